The molecule has 0 saturated carbocycles. The van der Waals surface area contributed by atoms with Crippen LogP contribution in [0.4, 0.5) is 10.5 Å². The molecule has 1 aliphatic rings. The number of esters is 1. The monoisotopic (exact) mass is 421 g/mol. The average molecular weight is 421 g/mol. The molecule has 1 heterocycles. The number of urea groups is 1. The van der Waals surface area contributed by atoms with Gasteiger partial charge in [-0.3, -0.25) is 4.79 Å². The van der Waals surface area contributed by atoms with Crippen LogP contribution >= 0.6 is 0 Å². The standard InChI is InChI=1S/C23H23N3O5/c1-13-5-4-6-17(11-13)25-23(30)26-19(21(27)28)14(2)18(22(29)31-3)20(26)16-9-7-15(12-24)8-10-16/h4-11,14,18-20H,1-3H3,(H,25,30)(H,27,28). The Morgan fingerprint density at radius 2 is 1.84 bits per heavy atom. The lowest BCUT2D eigenvalue weighted by Gasteiger charge is -2.30. The summed E-state index contributed by atoms with van der Waals surface area (Å²) < 4.78 is 4.95. The van der Waals surface area contributed by atoms with Crippen molar-refractivity contribution in [1.82, 2.24) is 4.90 Å². The van der Waals surface area contributed by atoms with Gasteiger partial charge in [-0.2, -0.15) is 5.26 Å². The summed E-state index contributed by atoms with van der Waals surface area (Å²) in [4.78, 5) is 39.3. The Bertz CT molecular complexity index is 1040. The molecule has 4 unspecified atom stereocenters. The number of nitrogens with zero attached hydrogens (tertiary/aromatic N) is 2. The van der Waals surface area contributed by atoms with Crippen LogP contribution in [0.25, 0.3) is 0 Å². The molecule has 2 amide bonds. The molecule has 4 atom stereocenters. The quantitative estimate of drug-likeness (QED) is 0.731. The number of carbonyl (C=O) groups is 3. The summed E-state index contributed by atoms with van der Waals surface area (Å²) in [5.74, 6) is -3.40. The van der Waals surface area contributed by atoms with Crippen LogP contribution in [0.5, 0.6) is 0 Å². The summed E-state index contributed by atoms with van der Waals surface area (Å²) in [6, 6.07) is 12.8. The molecular formula is C23H23N3O5. The summed E-state index contributed by atoms with van der Waals surface area (Å²) in [5, 5.41) is 21.7. The number of rotatable bonds is 4. The molecule has 1 aliphatic heterocycles. The van der Waals surface area contributed by atoms with Crippen molar-refractivity contribution in [2.45, 2.75) is 25.9 Å². The summed E-state index contributed by atoms with van der Waals surface area (Å²) in [6.45, 7) is 3.50. The smallest absolute Gasteiger partial charge is 0.326 e. The highest BCUT2D eigenvalue weighted by atomic mass is 16.5. The number of aryl methyl sites for hydroxylation is 1. The number of nitrogens with one attached hydrogen (secondary N) is 1. The van der Waals surface area contributed by atoms with E-state index in [-0.39, 0.29) is 0 Å². The zero-order chi connectivity index (χ0) is 22.7. The van der Waals surface area contributed by atoms with Crippen LogP contribution < -0.4 is 5.32 Å². The fraction of sp³-hybridized carbons (Fsp3) is 0.304. The van der Waals surface area contributed by atoms with Crippen molar-refractivity contribution in [2.75, 3.05) is 12.4 Å². The van der Waals surface area contributed by atoms with Crippen molar-refractivity contribution in [2.24, 2.45) is 11.8 Å². The lowest BCUT2D eigenvalue weighted by molar-refractivity contribution is -0.147. The Labute approximate surface area is 180 Å². The van der Waals surface area contributed by atoms with Crippen LogP contribution in [-0.2, 0) is 14.3 Å². The minimum atomic E-state index is -1.24. The molecule has 160 valence electrons. The number of amides is 2. The lowest BCUT2D eigenvalue weighted by atomic mass is 9.85. The molecular weight excluding hydrogens is 398 g/mol. The maximum atomic E-state index is 13.3. The van der Waals surface area contributed by atoms with Crippen molar-refractivity contribution in [1.29, 1.82) is 5.26 Å². The third-order valence-electron chi connectivity index (χ3n) is 5.62. The van der Waals surface area contributed by atoms with Gasteiger partial charge in [0.15, 0.2) is 0 Å². The van der Waals surface area contributed by atoms with Gasteiger partial charge in [0.05, 0.1) is 30.7 Å². The van der Waals surface area contributed by atoms with Crippen molar-refractivity contribution < 1.29 is 24.2 Å². The maximum absolute atomic E-state index is 13.3. The van der Waals surface area contributed by atoms with Gasteiger partial charge in [-0.15, -0.1) is 0 Å². The average Bonchev–Trinajstić information content (AvgIpc) is 3.06. The van der Waals surface area contributed by atoms with E-state index >= 15 is 0 Å². The SMILES string of the molecule is COC(=O)C1C(C)C(C(=O)O)N(C(=O)Nc2cccc(C)c2)C1c1ccc(C#N)cc1. The zero-order valence-corrected chi connectivity index (χ0v) is 17.4. The Morgan fingerprint density at radius 1 is 1.16 bits per heavy atom. The van der Waals surface area contributed by atoms with Crippen molar-refractivity contribution in [3.8, 4) is 6.07 Å². The van der Waals surface area contributed by atoms with Gasteiger partial charge < -0.3 is 20.1 Å². The normalized spacial score (nSPS) is 22.5. The first-order chi connectivity index (χ1) is 14.8. The van der Waals surface area contributed by atoms with Gasteiger partial charge in [0.1, 0.15) is 6.04 Å². The first kappa shape index (κ1) is 21.8. The highest BCUT2D eigenvalue weighted by Gasteiger charge is 2.56. The molecule has 2 N–H and O–H groups in total. The number of carbonyl (C=O) groups excluding carboxylic acids is 2. The maximum Gasteiger partial charge on any atom is 0.326 e. The van der Waals surface area contributed by atoms with Gasteiger partial charge in [-0.1, -0.05) is 31.2 Å². The molecule has 3 rings (SSSR count). The van der Waals surface area contributed by atoms with E-state index in [0.717, 1.165) is 5.56 Å². The second kappa shape index (κ2) is 8.88. The molecule has 0 radical (unpaired) electrons. The van der Waals surface area contributed by atoms with Gasteiger partial charge in [0, 0.05) is 11.6 Å². The predicted octanol–water partition coefficient (Wildman–Crippen LogP) is 3.33. The number of aliphatic carboxylic acids is 1. The molecule has 8 heteroatoms. The van der Waals surface area contributed by atoms with Crippen molar-refractivity contribution in [3.05, 3.63) is 65.2 Å². The van der Waals surface area contributed by atoms with E-state index in [9.17, 15) is 19.5 Å². The lowest BCUT2D eigenvalue weighted by Crippen LogP contribution is -2.45. The van der Waals surface area contributed by atoms with Crippen LogP contribution in [0.2, 0.25) is 0 Å². The molecule has 0 aromatic heterocycles. The number of nitriles is 1. The van der Waals surface area contributed by atoms with E-state index in [1.807, 2.05) is 19.1 Å². The van der Waals surface area contributed by atoms with E-state index in [1.165, 1.54) is 12.0 Å². The third-order valence-corrected chi connectivity index (χ3v) is 5.62. The van der Waals surface area contributed by atoms with E-state index in [4.69, 9.17) is 10.00 Å². The summed E-state index contributed by atoms with van der Waals surface area (Å²) in [7, 11) is 1.23. The topological polar surface area (TPSA) is 120 Å². The van der Waals surface area contributed by atoms with Gasteiger partial charge in [-0.05, 0) is 42.3 Å². The molecule has 0 spiro atoms. The first-order valence-electron chi connectivity index (χ1n) is 9.75. The van der Waals surface area contributed by atoms with Gasteiger partial charge in [0.2, 0.25) is 0 Å². The Balaban J connectivity index is 2.08. The largest absolute Gasteiger partial charge is 0.480 e. The highest BCUT2D eigenvalue weighted by Crippen LogP contribution is 2.46. The van der Waals surface area contributed by atoms with E-state index < -0.39 is 41.9 Å². The molecule has 0 bridgehead atoms. The fourth-order valence-electron chi connectivity index (χ4n) is 4.19. The first-order valence-corrected chi connectivity index (χ1v) is 9.75. The minimum Gasteiger partial charge on any atom is -0.480 e. The molecule has 2 aromatic rings. The molecule has 1 fully saturated rings. The minimum absolute atomic E-state index is 0.412. The number of likely N-dealkylation sites (tertiary alicyclic amines) is 1. The summed E-state index contributed by atoms with van der Waals surface area (Å²) >= 11 is 0. The van der Waals surface area contributed by atoms with Crippen molar-refractivity contribution >= 4 is 23.7 Å². The zero-order valence-electron chi connectivity index (χ0n) is 17.4. The third kappa shape index (κ3) is 4.21. The molecule has 31 heavy (non-hydrogen) atoms. The van der Waals surface area contributed by atoms with Crippen LogP contribution in [0, 0.1) is 30.1 Å². The van der Waals surface area contributed by atoms with Crippen LogP contribution in [0.3, 0.4) is 0 Å². The Kier molecular flexibility index (Phi) is 6.25. The second-order valence-corrected chi connectivity index (χ2v) is 7.58. The second-order valence-electron chi connectivity index (χ2n) is 7.58. The number of methoxy groups -OCH3 is 1. The number of benzene rings is 2. The predicted molar refractivity (Wildman–Crippen MR) is 112 cm³/mol. The van der Waals surface area contributed by atoms with E-state index in [0.29, 0.717) is 16.8 Å². The molecule has 0 aliphatic carbocycles. The number of hydrogen-bond donors (Lipinski definition) is 2. The molecule has 1 saturated heterocycles. The van der Waals surface area contributed by atoms with E-state index in [2.05, 4.69) is 5.32 Å². The Hall–Kier alpha value is -3.86. The fourth-order valence-corrected chi connectivity index (χ4v) is 4.19. The number of hydrogen-bond acceptors (Lipinski definition) is 5. The van der Waals surface area contributed by atoms with Crippen LogP contribution in [-0.4, -0.2) is 41.1 Å². The highest BCUT2D eigenvalue weighted by molar-refractivity contribution is 5.94. The number of anilines is 1. The van der Waals surface area contributed by atoms with Gasteiger partial charge >= 0.3 is 18.0 Å². The summed E-state index contributed by atoms with van der Waals surface area (Å²) in [5.41, 5.74) is 2.40. The number of ether oxygens (including phenoxy) is 1. The van der Waals surface area contributed by atoms with Crippen molar-refractivity contribution in [3.63, 3.8) is 0 Å². The summed E-state index contributed by atoms with van der Waals surface area (Å²) in [6.07, 6.45) is 0. The number of carboxylic acid groups (broad SMARTS) is 1. The van der Waals surface area contributed by atoms with Crippen LogP contribution in [0.15, 0.2) is 48.5 Å². The molecule has 8 nitrogen and oxygen atoms in total. The number of carboxylic acids is 1. The van der Waals surface area contributed by atoms with Crippen LogP contribution in [0.1, 0.15) is 29.7 Å². The Morgan fingerprint density at radius 3 is 2.39 bits per heavy atom. The van der Waals surface area contributed by atoms with E-state index in [1.54, 1.807) is 49.4 Å². The molecule has 2 aromatic carbocycles. The van der Waals surface area contributed by atoms with Gasteiger partial charge in [-0.25, -0.2) is 9.59 Å². The van der Waals surface area contributed by atoms with Gasteiger partial charge in [0.25, 0.3) is 0 Å².